The Balaban J connectivity index is 1.49. The fourth-order valence-corrected chi connectivity index (χ4v) is 2.57. The van der Waals surface area contributed by atoms with Gasteiger partial charge in [-0.05, 0) is 54.4 Å². The summed E-state index contributed by atoms with van der Waals surface area (Å²) in [6.07, 6.45) is 1.95. The van der Waals surface area contributed by atoms with Gasteiger partial charge in [-0.15, -0.1) is 0 Å². The average Bonchev–Trinajstić information content (AvgIpc) is 3.21. The van der Waals surface area contributed by atoms with Gasteiger partial charge in [-0.1, -0.05) is 18.2 Å². The molecule has 0 fully saturated rings. The molecule has 0 aliphatic carbocycles. The molecule has 0 radical (unpaired) electrons. The number of hydrogen-bond donors (Lipinski definition) is 2. The molecule has 2 aromatic carbocycles. The first-order valence-corrected chi connectivity index (χ1v) is 8.56. The van der Waals surface area contributed by atoms with Gasteiger partial charge in [0.25, 0.3) is 11.8 Å². The van der Waals surface area contributed by atoms with E-state index in [1.807, 2.05) is 0 Å². The zero-order valence-electron chi connectivity index (χ0n) is 14.6. The normalized spacial score (nSPS) is 10.4. The molecule has 2 amide bonds. The van der Waals surface area contributed by atoms with Crippen LogP contribution in [0.4, 0.5) is 4.39 Å². The Morgan fingerprint density at radius 1 is 0.852 bits per heavy atom. The molecule has 0 spiro atoms. The van der Waals surface area contributed by atoms with Crippen LogP contribution < -0.4 is 10.6 Å². The van der Waals surface area contributed by atoms with Crippen LogP contribution in [-0.2, 0) is 13.0 Å². The molecule has 3 rings (SSSR count). The number of furan rings is 1. The molecule has 6 heteroatoms. The van der Waals surface area contributed by atoms with Crippen molar-refractivity contribution < 1.29 is 18.4 Å². The molecular formula is C21H19FN2O3. The van der Waals surface area contributed by atoms with Crippen molar-refractivity contribution in [2.24, 2.45) is 0 Å². The summed E-state index contributed by atoms with van der Waals surface area (Å²) in [4.78, 5) is 24.3. The summed E-state index contributed by atoms with van der Waals surface area (Å²) in [6, 6.07) is 16.3. The molecule has 0 aliphatic rings. The van der Waals surface area contributed by atoms with Crippen LogP contribution in [0.1, 0.15) is 32.0 Å². The minimum atomic E-state index is -0.281. The van der Waals surface area contributed by atoms with Gasteiger partial charge >= 0.3 is 0 Å². The number of nitrogens with one attached hydrogen (secondary N) is 2. The van der Waals surface area contributed by atoms with Crippen molar-refractivity contribution in [1.29, 1.82) is 0 Å². The fraction of sp³-hybridized carbons (Fsp3) is 0.143. The highest BCUT2D eigenvalue weighted by molar-refractivity contribution is 5.97. The van der Waals surface area contributed by atoms with Crippen LogP contribution in [0.2, 0.25) is 0 Å². The second-order valence-electron chi connectivity index (χ2n) is 5.94. The van der Waals surface area contributed by atoms with Gasteiger partial charge in [0.05, 0.1) is 12.8 Å². The minimum absolute atomic E-state index is 0.252. The van der Waals surface area contributed by atoms with Crippen LogP contribution in [0.5, 0.6) is 0 Å². The predicted octanol–water partition coefficient (Wildman–Crippen LogP) is 3.32. The number of carbonyl (C=O) groups is 2. The van der Waals surface area contributed by atoms with Gasteiger partial charge in [0.2, 0.25) is 0 Å². The maximum absolute atomic E-state index is 13.6. The topological polar surface area (TPSA) is 71.3 Å². The molecule has 0 atom stereocenters. The van der Waals surface area contributed by atoms with Crippen LogP contribution in [0.3, 0.4) is 0 Å². The van der Waals surface area contributed by atoms with E-state index in [4.69, 9.17) is 4.42 Å². The van der Waals surface area contributed by atoms with E-state index in [0.717, 1.165) is 0 Å². The van der Waals surface area contributed by atoms with E-state index >= 15 is 0 Å². The first-order valence-electron chi connectivity index (χ1n) is 8.56. The van der Waals surface area contributed by atoms with E-state index in [-0.39, 0.29) is 17.6 Å². The number of benzene rings is 2. The lowest BCUT2D eigenvalue weighted by molar-refractivity contribution is 0.0939. The second-order valence-corrected chi connectivity index (χ2v) is 5.94. The molecule has 1 aromatic heterocycles. The standard InChI is InChI=1S/C21H19FN2O3/c22-19-6-2-1-4-15(19)11-12-23-20(25)16-7-9-17(10-8-16)21(26)24-14-18-5-3-13-27-18/h1-10,13H,11-12,14H2,(H,23,25)(H,24,26). The van der Waals surface area contributed by atoms with E-state index in [9.17, 15) is 14.0 Å². The number of halogens is 1. The van der Waals surface area contributed by atoms with Crippen LogP contribution in [0, 0.1) is 5.82 Å². The highest BCUT2D eigenvalue weighted by Crippen LogP contribution is 2.08. The van der Waals surface area contributed by atoms with E-state index in [2.05, 4.69) is 10.6 Å². The molecule has 3 aromatic rings. The SMILES string of the molecule is O=C(NCCc1ccccc1F)c1ccc(C(=O)NCc2ccco2)cc1. The summed E-state index contributed by atoms with van der Waals surface area (Å²) in [7, 11) is 0. The molecule has 0 aliphatic heterocycles. The molecule has 0 saturated heterocycles. The molecular weight excluding hydrogens is 347 g/mol. The Morgan fingerprint density at radius 3 is 2.15 bits per heavy atom. The summed E-state index contributed by atoms with van der Waals surface area (Å²) < 4.78 is 18.7. The number of carbonyl (C=O) groups excluding carboxylic acids is 2. The third-order valence-corrected chi connectivity index (χ3v) is 4.05. The van der Waals surface area contributed by atoms with Crippen LogP contribution in [-0.4, -0.2) is 18.4 Å². The number of amides is 2. The van der Waals surface area contributed by atoms with E-state index in [1.165, 1.54) is 6.07 Å². The van der Waals surface area contributed by atoms with Gasteiger partial charge < -0.3 is 15.1 Å². The lowest BCUT2D eigenvalue weighted by atomic mass is 10.1. The van der Waals surface area contributed by atoms with Crippen molar-refractivity contribution in [3.05, 3.63) is 95.2 Å². The first-order chi connectivity index (χ1) is 13.1. The predicted molar refractivity (Wildman–Crippen MR) is 98.8 cm³/mol. The summed E-state index contributed by atoms with van der Waals surface area (Å²) >= 11 is 0. The summed E-state index contributed by atoms with van der Waals surface area (Å²) in [5, 5.41) is 5.49. The maximum atomic E-state index is 13.6. The Bertz CT molecular complexity index is 905. The van der Waals surface area contributed by atoms with E-state index in [0.29, 0.717) is 42.0 Å². The summed E-state index contributed by atoms with van der Waals surface area (Å²) in [6.45, 7) is 0.620. The zero-order valence-corrected chi connectivity index (χ0v) is 14.6. The molecule has 0 bridgehead atoms. The van der Waals surface area contributed by atoms with Gasteiger partial charge in [-0.3, -0.25) is 9.59 Å². The third-order valence-electron chi connectivity index (χ3n) is 4.05. The lowest BCUT2D eigenvalue weighted by Gasteiger charge is -2.07. The molecule has 0 unspecified atom stereocenters. The van der Waals surface area contributed by atoms with Crippen molar-refractivity contribution in [2.45, 2.75) is 13.0 Å². The van der Waals surface area contributed by atoms with Gasteiger partial charge in [0.15, 0.2) is 0 Å². The Kier molecular flexibility index (Phi) is 5.99. The summed E-state index contributed by atoms with van der Waals surface area (Å²) in [5.41, 5.74) is 1.44. The summed E-state index contributed by atoms with van der Waals surface area (Å²) in [5.74, 6) is -0.141. The Labute approximate surface area is 156 Å². The van der Waals surface area contributed by atoms with Gasteiger partial charge in [-0.2, -0.15) is 0 Å². The largest absolute Gasteiger partial charge is 0.467 e. The molecule has 5 nitrogen and oxygen atoms in total. The monoisotopic (exact) mass is 366 g/mol. The Morgan fingerprint density at radius 2 is 1.52 bits per heavy atom. The third kappa shape index (κ3) is 5.04. The molecule has 138 valence electrons. The highest BCUT2D eigenvalue weighted by Gasteiger charge is 2.09. The van der Waals surface area contributed by atoms with Crippen molar-refractivity contribution in [2.75, 3.05) is 6.54 Å². The molecule has 1 heterocycles. The quantitative estimate of drug-likeness (QED) is 0.674. The van der Waals surface area contributed by atoms with Crippen LogP contribution in [0.15, 0.2) is 71.3 Å². The van der Waals surface area contributed by atoms with E-state index < -0.39 is 0 Å². The van der Waals surface area contributed by atoms with Gasteiger partial charge in [0.1, 0.15) is 11.6 Å². The van der Waals surface area contributed by atoms with Crippen molar-refractivity contribution in [3.63, 3.8) is 0 Å². The zero-order chi connectivity index (χ0) is 19.1. The van der Waals surface area contributed by atoms with Gasteiger partial charge in [-0.25, -0.2) is 4.39 Å². The van der Waals surface area contributed by atoms with Crippen LogP contribution >= 0.6 is 0 Å². The molecule has 2 N–H and O–H groups in total. The first kappa shape index (κ1) is 18.4. The molecule has 0 saturated carbocycles. The molecule has 27 heavy (non-hydrogen) atoms. The van der Waals surface area contributed by atoms with Gasteiger partial charge in [0, 0.05) is 17.7 Å². The fourth-order valence-electron chi connectivity index (χ4n) is 2.57. The maximum Gasteiger partial charge on any atom is 0.251 e. The smallest absolute Gasteiger partial charge is 0.251 e. The Hall–Kier alpha value is -3.41. The van der Waals surface area contributed by atoms with Crippen molar-refractivity contribution >= 4 is 11.8 Å². The van der Waals surface area contributed by atoms with Crippen molar-refractivity contribution in [1.82, 2.24) is 10.6 Å². The van der Waals surface area contributed by atoms with Crippen LogP contribution in [0.25, 0.3) is 0 Å². The number of rotatable bonds is 7. The number of hydrogen-bond acceptors (Lipinski definition) is 3. The average molecular weight is 366 g/mol. The second kappa shape index (κ2) is 8.80. The van der Waals surface area contributed by atoms with Crippen molar-refractivity contribution in [3.8, 4) is 0 Å². The highest BCUT2D eigenvalue weighted by atomic mass is 19.1. The minimum Gasteiger partial charge on any atom is -0.467 e. The van der Waals surface area contributed by atoms with E-state index in [1.54, 1.807) is 60.9 Å². The lowest BCUT2D eigenvalue weighted by Crippen LogP contribution is -2.26.